The zero-order chi connectivity index (χ0) is 17.0. The van der Waals surface area contributed by atoms with E-state index in [9.17, 15) is 9.90 Å². The number of ether oxygens (including phenoxy) is 1. The van der Waals surface area contributed by atoms with Gasteiger partial charge in [-0.1, -0.05) is 25.1 Å². The largest absolute Gasteiger partial charge is 1.00 e. The van der Waals surface area contributed by atoms with Crippen molar-refractivity contribution in [2.75, 3.05) is 13.2 Å². The van der Waals surface area contributed by atoms with Gasteiger partial charge in [-0.05, 0) is 18.4 Å². The van der Waals surface area contributed by atoms with E-state index in [0.717, 1.165) is 35.4 Å². The standard InChI is InChI=1S/C15H17NO3.CH2O3.K/c1-10-5-6-13(16(9-10)15(17)18)11-3-2-4-14-12(11)7-8-19-14;2-1(3)4;/h2-4,6,10H,5,7-9H2,1H3,(H,17,18);(H2,2,3,4);/q;;+1/p-1. The fourth-order valence-electron chi connectivity index (χ4n) is 2.81. The number of hydrogen-bond donors (Lipinski definition) is 2. The van der Waals surface area contributed by atoms with Gasteiger partial charge in [0, 0.05) is 24.1 Å². The second-order valence-corrected chi connectivity index (χ2v) is 5.47. The Morgan fingerprint density at radius 3 is 2.62 bits per heavy atom. The van der Waals surface area contributed by atoms with Crippen molar-refractivity contribution in [1.29, 1.82) is 0 Å². The normalized spacial score (nSPS) is 18.1. The van der Waals surface area contributed by atoms with E-state index in [2.05, 4.69) is 6.92 Å². The number of hydrogen-bond acceptors (Lipinski definition) is 4. The van der Waals surface area contributed by atoms with Crippen LogP contribution in [0.1, 0.15) is 24.5 Å². The van der Waals surface area contributed by atoms with Crippen LogP contribution in [0, 0.1) is 5.92 Å². The van der Waals surface area contributed by atoms with Gasteiger partial charge in [-0.3, -0.25) is 4.90 Å². The van der Waals surface area contributed by atoms with Gasteiger partial charge in [0.1, 0.15) is 5.75 Å². The second kappa shape index (κ2) is 9.43. The average Bonchev–Trinajstić information content (AvgIpc) is 2.95. The number of allylic oxidation sites excluding steroid dienone is 1. The Bertz CT molecular complexity index is 641. The average molecular weight is 359 g/mol. The molecule has 24 heavy (non-hydrogen) atoms. The Balaban J connectivity index is 0.000000522. The Hall–Kier alpha value is -1.06. The molecule has 1 amide bonds. The van der Waals surface area contributed by atoms with Crippen molar-refractivity contribution in [3.63, 3.8) is 0 Å². The number of carbonyl (C=O) groups is 2. The summed E-state index contributed by atoms with van der Waals surface area (Å²) in [5, 5.41) is 24.7. The molecule has 8 heteroatoms. The predicted octanol–water partition coefficient (Wildman–Crippen LogP) is -1.13. The van der Waals surface area contributed by atoms with Crippen LogP contribution in [0.2, 0.25) is 0 Å². The van der Waals surface area contributed by atoms with Gasteiger partial charge in [0.25, 0.3) is 0 Å². The summed E-state index contributed by atoms with van der Waals surface area (Å²) in [6, 6.07) is 5.87. The van der Waals surface area contributed by atoms with E-state index >= 15 is 0 Å². The first-order valence-corrected chi connectivity index (χ1v) is 7.25. The first-order valence-electron chi connectivity index (χ1n) is 7.25. The topological polar surface area (TPSA) is 110 Å². The maximum atomic E-state index is 11.4. The van der Waals surface area contributed by atoms with Crippen LogP contribution in [0.15, 0.2) is 24.3 Å². The third-order valence-electron chi connectivity index (χ3n) is 3.75. The summed E-state index contributed by atoms with van der Waals surface area (Å²) in [4.78, 5) is 21.3. The van der Waals surface area contributed by atoms with Crippen LogP contribution < -0.4 is 61.2 Å². The maximum Gasteiger partial charge on any atom is 1.00 e. The minimum atomic E-state index is -2.08. The van der Waals surface area contributed by atoms with Crippen LogP contribution in [-0.4, -0.2) is 40.5 Å². The molecule has 0 radical (unpaired) electrons. The number of amides is 1. The van der Waals surface area contributed by atoms with Crippen LogP contribution in [-0.2, 0) is 6.42 Å². The molecule has 3 rings (SSSR count). The number of nitrogens with zero attached hydrogens (tertiary/aromatic N) is 1. The van der Waals surface area contributed by atoms with Gasteiger partial charge in [0.05, 0.1) is 12.3 Å². The van der Waals surface area contributed by atoms with Crippen LogP contribution >= 0.6 is 0 Å². The third kappa shape index (κ3) is 5.22. The molecule has 0 saturated heterocycles. The van der Waals surface area contributed by atoms with Crippen molar-refractivity contribution in [3.8, 4) is 5.75 Å². The van der Waals surface area contributed by atoms with E-state index < -0.39 is 12.2 Å². The molecule has 2 N–H and O–H groups in total. The van der Waals surface area contributed by atoms with E-state index in [1.807, 2.05) is 24.3 Å². The molecule has 0 aromatic heterocycles. The van der Waals surface area contributed by atoms with Crippen LogP contribution in [0.5, 0.6) is 5.75 Å². The van der Waals surface area contributed by atoms with Crippen molar-refractivity contribution in [2.45, 2.75) is 19.8 Å². The molecule has 2 heterocycles. The monoisotopic (exact) mass is 359 g/mol. The van der Waals surface area contributed by atoms with E-state index in [4.69, 9.17) is 19.7 Å². The first kappa shape index (κ1) is 21.0. The molecule has 0 spiro atoms. The van der Waals surface area contributed by atoms with Gasteiger partial charge < -0.3 is 24.9 Å². The number of benzene rings is 1. The van der Waals surface area contributed by atoms with Gasteiger partial charge >= 0.3 is 57.5 Å². The third-order valence-corrected chi connectivity index (χ3v) is 3.75. The van der Waals surface area contributed by atoms with Gasteiger partial charge in [-0.2, -0.15) is 0 Å². The van der Waals surface area contributed by atoms with Crippen molar-refractivity contribution < 1.29 is 81.0 Å². The summed E-state index contributed by atoms with van der Waals surface area (Å²) >= 11 is 0. The van der Waals surface area contributed by atoms with Crippen molar-refractivity contribution >= 4 is 17.9 Å². The number of fused-ring (bicyclic) bond motifs is 1. The second-order valence-electron chi connectivity index (χ2n) is 5.47. The van der Waals surface area contributed by atoms with Crippen molar-refractivity contribution in [2.24, 2.45) is 5.92 Å². The molecule has 0 fully saturated rings. The molecule has 0 saturated carbocycles. The molecule has 0 aliphatic carbocycles. The Morgan fingerprint density at radius 2 is 2.00 bits per heavy atom. The van der Waals surface area contributed by atoms with Crippen molar-refractivity contribution in [1.82, 2.24) is 4.90 Å². The number of rotatable bonds is 1. The molecule has 1 aromatic rings. The minimum absolute atomic E-state index is 0. The van der Waals surface area contributed by atoms with Gasteiger partial charge in [-0.25, -0.2) is 4.79 Å². The Kier molecular flexibility index (Phi) is 8.24. The fraction of sp³-hybridized carbons (Fsp3) is 0.375. The number of carboxylic acid groups (broad SMARTS) is 3. The molecule has 1 atom stereocenters. The fourth-order valence-corrected chi connectivity index (χ4v) is 2.81. The molecule has 2 aliphatic heterocycles. The SMILES string of the molecule is CC1CC=C(c2cccc3c2CCO3)N(C(=O)O)C1.O=C([O-])O.[K+]. The quantitative estimate of drug-likeness (QED) is 0.614. The van der Waals surface area contributed by atoms with Crippen LogP contribution in [0.3, 0.4) is 0 Å². The predicted molar refractivity (Wildman–Crippen MR) is 80.2 cm³/mol. The van der Waals surface area contributed by atoms with E-state index in [-0.39, 0.29) is 51.4 Å². The van der Waals surface area contributed by atoms with E-state index in [0.29, 0.717) is 19.1 Å². The minimum Gasteiger partial charge on any atom is -0.565 e. The summed E-state index contributed by atoms with van der Waals surface area (Å²) in [5.74, 6) is 1.26. The smallest absolute Gasteiger partial charge is 0.565 e. The molecule has 1 aromatic carbocycles. The van der Waals surface area contributed by atoms with Gasteiger partial charge in [0.15, 0.2) is 0 Å². The zero-order valence-corrected chi connectivity index (χ0v) is 16.8. The zero-order valence-electron chi connectivity index (χ0n) is 13.7. The molecule has 2 aliphatic rings. The van der Waals surface area contributed by atoms with Crippen LogP contribution in [0.4, 0.5) is 9.59 Å². The summed E-state index contributed by atoms with van der Waals surface area (Å²) in [5.41, 5.74) is 2.95. The van der Waals surface area contributed by atoms with E-state index in [1.54, 1.807) is 0 Å². The molecule has 7 nitrogen and oxygen atoms in total. The van der Waals surface area contributed by atoms with Crippen molar-refractivity contribution in [3.05, 3.63) is 35.4 Å². The first-order chi connectivity index (χ1) is 10.9. The Morgan fingerprint density at radius 1 is 1.33 bits per heavy atom. The van der Waals surface area contributed by atoms with Crippen LogP contribution in [0.25, 0.3) is 5.70 Å². The summed E-state index contributed by atoms with van der Waals surface area (Å²) in [7, 11) is 0. The Labute approximate surface area is 182 Å². The maximum absolute atomic E-state index is 11.4. The summed E-state index contributed by atoms with van der Waals surface area (Å²) < 4.78 is 5.55. The van der Waals surface area contributed by atoms with Gasteiger partial charge in [0.2, 0.25) is 6.16 Å². The molecule has 124 valence electrons. The van der Waals surface area contributed by atoms with E-state index in [1.165, 1.54) is 4.90 Å². The molecular formula is C16H18KNO6. The molecule has 0 bridgehead atoms. The summed E-state index contributed by atoms with van der Waals surface area (Å²) in [6.07, 6.45) is 0.848. The molecular weight excluding hydrogens is 341 g/mol. The van der Waals surface area contributed by atoms with Gasteiger partial charge in [-0.15, -0.1) is 0 Å². The summed E-state index contributed by atoms with van der Waals surface area (Å²) in [6.45, 7) is 3.32. The molecule has 1 unspecified atom stereocenters.